The number of fused-ring (bicyclic) bond motifs is 1. The van der Waals surface area contributed by atoms with E-state index in [0.29, 0.717) is 5.92 Å². The van der Waals surface area contributed by atoms with Gasteiger partial charge in [-0.3, -0.25) is 9.78 Å². The van der Waals surface area contributed by atoms with Gasteiger partial charge in [-0.1, -0.05) is 26.0 Å². The Morgan fingerprint density at radius 2 is 1.81 bits per heavy atom. The SMILES string of the molecule is CC(C)c1ccnc(-c2ccc3ccc(=O)n(C)c3c2)c1. The number of aromatic nitrogens is 2. The van der Waals surface area contributed by atoms with Crippen molar-refractivity contribution in [1.82, 2.24) is 9.55 Å². The van der Waals surface area contributed by atoms with Gasteiger partial charge in [-0.15, -0.1) is 0 Å². The molecule has 0 saturated heterocycles. The van der Waals surface area contributed by atoms with Gasteiger partial charge >= 0.3 is 0 Å². The number of hydrogen-bond acceptors (Lipinski definition) is 2. The summed E-state index contributed by atoms with van der Waals surface area (Å²) in [6.07, 6.45) is 1.85. The Hall–Kier alpha value is -2.42. The standard InChI is InChI=1S/C18H18N2O/c1-12(2)14-8-9-19-16(10-14)15-5-4-13-6-7-18(21)20(3)17(13)11-15/h4-12H,1-3H3. The van der Waals surface area contributed by atoms with Crippen LogP contribution < -0.4 is 5.56 Å². The summed E-state index contributed by atoms with van der Waals surface area (Å²) in [4.78, 5) is 16.2. The summed E-state index contributed by atoms with van der Waals surface area (Å²) < 4.78 is 1.67. The Morgan fingerprint density at radius 1 is 1.05 bits per heavy atom. The predicted octanol–water partition coefficient (Wildman–Crippen LogP) is 3.72. The molecular weight excluding hydrogens is 260 g/mol. The second-order valence-electron chi connectivity index (χ2n) is 5.63. The first-order valence-electron chi connectivity index (χ1n) is 7.12. The summed E-state index contributed by atoms with van der Waals surface area (Å²) in [5.41, 5.74) is 4.17. The molecule has 0 atom stereocenters. The average molecular weight is 278 g/mol. The summed E-state index contributed by atoms with van der Waals surface area (Å²) in [6.45, 7) is 4.34. The van der Waals surface area contributed by atoms with Crippen molar-refractivity contribution >= 4 is 10.9 Å². The third-order valence-electron chi connectivity index (χ3n) is 3.87. The number of rotatable bonds is 2. The van der Waals surface area contributed by atoms with Gasteiger partial charge in [0.15, 0.2) is 0 Å². The van der Waals surface area contributed by atoms with Gasteiger partial charge in [0, 0.05) is 24.9 Å². The summed E-state index contributed by atoms with van der Waals surface area (Å²) in [5.74, 6) is 0.469. The maximum atomic E-state index is 11.8. The Morgan fingerprint density at radius 3 is 2.57 bits per heavy atom. The predicted molar refractivity (Wildman–Crippen MR) is 86.5 cm³/mol. The molecule has 0 fully saturated rings. The van der Waals surface area contributed by atoms with Crippen LogP contribution in [0, 0.1) is 0 Å². The van der Waals surface area contributed by atoms with Gasteiger partial charge in [0.2, 0.25) is 0 Å². The lowest BCUT2D eigenvalue weighted by Gasteiger charge is -2.09. The maximum absolute atomic E-state index is 11.8. The van der Waals surface area contributed by atoms with Crippen LogP contribution in [0.3, 0.4) is 0 Å². The summed E-state index contributed by atoms with van der Waals surface area (Å²) in [5, 5.41) is 1.06. The van der Waals surface area contributed by atoms with E-state index >= 15 is 0 Å². The Balaban J connectivity index is 2.19. The highest BCUT2D eigenvalue weighted by atomic mass is 16.1. The first-order valence-corrected chi connectivity index (χ1v) is 7.12. The van der Waals surface area contributed by atoms with Gasteiger partial charge in [0.25, 0.3) is 5.56 Å². The van der Waals surface area contributed by atoms with Crippen molar-refractivity contribution in [2.45, 2.75) is 19.8 Å². The zero-order chi connectivity index (χ0) is 15.0. The monoisotopic (exact) mass is 278 g/mol. The third-order valence-corrected chi connectivity index (χ3v) is 3.87. The van der Waals surface area contributed by atoms with Crippen molar-refractivity contribution in [1.29, 1.82) is 0 Å². The highest BCUT2D eigenvalue weighted by Crippen LogP contribution is 2.24. The first-order chi connectivity index (χ1) is 10.1. The van der Waals surface area contributed by atoms with Gasteiger partial charge in [0.05, 0.1) is 11.2 Å². The van der Waals surface area contributed by atoms with Crippen LogP contribution >= 0.6 is 0 Å². The van der Waals surface area contributed by atoms with E-state index in [-0.39, 0.29) is 5.56 Å². The Kier molecular flexibility index (Phi) is 3.34. The van der Waals surface area contributed by atoms with Crippen molar-refractivity contribution in [2.75, 3.05) is 0 Å². The van der Waals surface area contributed by atoms with Crippen LogP contribution in [-0.4, -0.2) is 9.55 Å². The molecule has 0 radical (unpaired) electrons. The van der Waals surface area contributed by atoms with Crippen LogP contribution in [0.5, 0.6) is 0 Å². The van der Waals surface area contributed by atoms with E-state index in [1.807, 2.05) is 30.5 Å². The number of aryl methyl sites for hydroxylation is 1. The molecule has 2 aromatic heterocycles. The molecule has 1 aromatic carbocycles. The third kappa shape index (κ3) is 2.47. The van der Waals surface area contributed by atoms with Crippen LogP contribution in [0.25, 0.3) is 22.2 Å². The normalized spacial score (nSPS) is 11.2. The average Bonchev–Trinajstić information content (AvgIpc) is 2.51. The summed E-state index contributed by atoms with van der Waals surface area (Å²) in [6, 6.07) is 13.7. The first kappa shape index (κ1) is 13.6. The van der Waals surface area contributed by atoms with E-state index in [0.717, 1.165) is 22.2 Å². The van der Waals surface area contributed by atoms with E-state index in [4.69, 9.17) is 0 Å². The van der Waals surface area contributed by atoms with Crippen molar-refractivity contribution in [2.24, 2.45) is 7.05 Å². The van der Waals surface area contributed by atoms with Crippen LogP contribution in [0.2, 0.25) is 0 Å². The fourth-order valence-corrected chi connectivity index (χ4v) is 2.49. The van der Waals surface area contributed by atoms with Gasteiger partial charge in [-0.25, -0.2) is 0 Å². The highest BCUT2D eigenvalue weighted by Gasteiger charge is 2.06. The molecular formula is C18H18N2O. The topological polar surface area (TPSA) is 34.9 Å². The molecule has 3 aromatic rings. The molecule has 0 spiro atoms. The molecule has 3 nitrogen and oxygen atoms in total. The number of benzene rings is 1. The van der Waals surface area contributed by atoms with Crippen molar-refractivity contribution in [3.05, 3.63) is 64.6 Å². The minimum absolute atomic E-state index is 0.00328. The highest BCUT2D eigenvalue weighted by molar-refractivity contribution is 5.84. The van der Waals surface area contributed by atoms with Crippen LogP contribution in [0.15, 0.2) is 53.5 Å². The summed E-state index contributed by atoms with van der Waals surface area (Å²) >= 11 is 0. The van der Waals surface area contributed by atoms with E-state index in [2.05, 4.69) is 31.0 Å². The molecule has 0 saturated carbocycles. The van der Waals surface area contributed by atoms with Crippen LogP contribution in [0.1, 0.15) is 25.3 Å². The second-order valence-corrected chi connectivity index (χ2v) is 5.63. The fourth-order valence-electron chi connectivity index (χ4n) is 2.49. The van der Waals surface area contributed by atoms with Crippen LogP contribution in [0.4, 0.5) is 0 Å². The summed E-state index contributed by atoms with van der Waals surface area (Å²) in [7, 11) is 1.80. The quantitative estimate of drug-likeness (QED) is 0.716. The molecule has 3 rings (SSSR count). The fraction of sp³-hybridized carbons (Fsp3) is 0.222. The lowest BCUT2D eigenvalue weighted by molar-refractivity contribution is 0.863. The largest absolute Gasteiger partial charge is 0.311 e. The van der Waals surface area contributed by atoms with Gasteiger partial charge in [-0.2, -0.15) is 0 Å². The van der Waals surface area contributed by atoms with Crippen LogP contribution in [-0.2, 0) is 7.05 Å². The van der Waals surface area contributed by atoms with Gasteiger partial charge in [0.1, 0.15) is 0 Å². The van der Waals surface area contributed by atoms with Crippen molar-refractivity contribution in [3.63, 3.8) is 0 Å². The van der Waals surface area contributed by atoms with Crippen molar-refractivity contribution in [3.8, 4) is 11.3 Å². The van der Waals surface area contributed by atoms with E-state index in [1.54, 1.807) is 17.7 Å². The molecule has 0 aliphatic heterocycles. The van der Waals surface area contributed by atoms with E-state index in [1.165, 1.54) is 5.56 Å². The van der Waals surface area contributed by atoms with E-state index in [9.17, 15) is 4.79 Å². The molecule has 3 heteroatoms. The zero-order valence-electron chi connectivity index (χ0n) is 12.5. The lowest BCUT2D eigenvalue weighted by Crippen LogP contribution is -2.14. The molecule has 0 N–H and O–H groups in total. The van der Waals surface area contributed by atoms with E-state index < -0.39 is 0 Å². The number of nitrogens with zero attached hydrogens (tertiary/aromatic N) is 2. The molecule has 0 unspecified atom stereocenters. The van der Waals surface area contributed by atoms with Gasteiger partial charge < -0.3 is 4.57 Å². The maximum Gasteiger partial charge on any atom is 0.250 e. The molecule has 0 amide bonds. The lowest BCUT2D eigenvalue weighted by atomic mass is 10.0. The van der Waals surface area contributed by atoms with Crippen molar-refractivity contribution < 1.29 is 0 Å². The second kappa shape index (κ2) is 5.17. The minimum atomic E-state index is 0.00328. The Labute approximate surface area is 123 Å². The molecule has 21 heavy (non-hydrogen) atoms. The molecule has 0 aliphatic carbocycles. The Bertz CT molecular complexity index is 862. The smallest absolute Gasteiger partial charge is 0.250 e. The minimum Gasteiger partial charge on any atom is -0.311 e. The number of hydrogen-bond donors (Lipinski definition) is 0. The molecule has 106 valence electrons. The molecule has 0 bridgehead atoms. The zero-order valence-corrected chi connectivity index (χ0v) is 12.5. The number of pyridine rings is 2. The van der Waals surface area contributed by atoms with Gasteiger partial charge in [-0.05, 0) is 41.1 Å². The molecule has 0 aliphatic rings. The molecule has 2 heterocycles.